The van der Waals surface area contributed by atoms with Gasteiger partial charge >= 0.3 is 0 Å². The summed E-state index contributed by atoms with van der Waals surface area (Å²) in [6.07, 6.45) is 2.11. The number of ether oxygens (including phenoxy) is 2. The van der Waals surface area contributed by atoms with Crippen LogP contribution in [0.5, 0.6) is 11.5 Å². The molecule has 20 heavy (non-hydrogen) atoms. The minimum absolute atomic E-state index is 0.150. The third kappa shape index (κ3) is 2.89. The maximum Gasteiger partial charge on any atom is 0.138 e. The average molecular weight is 277 g/mol. The molecule has 7 nitrogen and oxygen atoms in total. The van der Waals surface area contributed by atoms with Crippen LogP contribution in [0.3, 0.4) is 0 Å². The molecule has 2 aromatic rings. The van der Waals surface area contributed by atoms with Crippen LogP contribution in [0.1, 0.15) is 17.4 Å². The second kappa shape index (κ2) is 6.36. The van der Waals surface area contributed by atoms with E-state index in [9.17, 15) is 0 Å². The van der Waals surface area contributed by atoms with Gasteiger partial charge in [-0.1, -0.05) is 0 Å². The van der Waals surface area contributed by atoms with E-state index in [0.29, 0.717) is 6.42 Å². The van der Waals surface area contributed by atoms with Gasteiger partial charge in [0.2, 0.25) is 0 Å². The molecule has 0 saturated heterocycles. The molecule has 108 valence electrons. The number of aryl methyl sites for hydroxylation is 1. The highest BCUT2D eigenvalue weighted by Gasteiger charge is 2.18. The van der Waals surface area contributed by atoms with E-state index in [1.807, 2.05) is 25.2 Å². The molecule has 0 spiro atoms. The first-order chi connectivity index (χ1) is 9.69. The summed E-state index contributed by atoms with van der Waals surface area (Å²) in [5, 5.41) is 4.05. The van der Waals surface area contributed by atoms with Crippen LogP contribution < -0.4 is 20.7 Å². The van der Waals surface area contributed by atoms with Crippen molar-refractivity contribution in [1.82, 2.24) is 20.2 Å². The molecule has 0 aliphatic carbocycles. The molecule has 0 fully saturated rings. The number of nitrogens with two attached hydrogens (primary N) is 1. The van der Waals surface area contributed by atoms with Crippen molar-refractivity contribution in [3.05, 3.63) is 35.9 Å². The van der Waals surface area contributed by atoms with Crippen LogP contribution in [-0.4, -0.2) is 29.0 Å². The van der Waals surface area contributed by atoms with Gasteiger partial charge in [0.05, 0.1) is 20.3 Å². The van der Waals surface area contributed by atoms with Crippen LogP contribution in [-0.2, 0) is 13.5 Å². The van der Waals surface area contributed by atoms with Gasteiger partial charge in [0, 0.05) is 19.0 Å². The molecule has 1 unspecified atom stereocenters. The molecule has 0 saturated carbocycles. The van der Waals surface area contributed by atoms with E-state index >= 15 is 0 Å². The van der Waals surface area contributed by atoms with Crippen LogP contribution in [0.2, 0.25) is 0 Å². The lowest BCUT2D eigenvalue weighted by molar-refractivity contribution is 0.388. The van der Waals surface area contributed by atoms with Gasteiger partial charge in [-0.15, -0.1) is 0 Å². The highest BCUT2D eigenvalue weighted by Crippen LogP contribution is 2.30. The zero-order chi connectivity index (χ0) is 14.5. The standard InChI is InChI=1S/C13H19N5O2/c1-18-13(15-8-16-18)7-11(17-14)10-6-9(19-2)4-5-12(10)20-3/h4-6,8,11,17H,7,14H2,1-3H3. The number of nitrogens with one attached hydrogen (secondary N) is 1. The fraction of sp³-hybridized carbons (Fsp3) is 0.385. The first-order valence-electron chi connectivity index (χ1n) is 6.20. The zero-order valence-electron chi connectivity index (χ0n) is 11.8. The predicted octanol–water partition coefficient (Wildman–Crippen LogP) is 0.579. The Bertz CT molecular complexity index is 570. The molecular weight excluding hydrogens is 258 g/mol. The topological polar surface area (TPSA) is 87.2 Å². The second-order valence-corrected chi connectivity index (χ2v) is 4.33. The van der Waals surface area contributed by atoms with Crippen LogP contribution in [0, 0.1) is 0 Å². The van der Waals surface area contributed by atoms with Gasteiger partial charge in [0.1, 0.15) is 23.7 Å². The number of benzene rings is 1. The van der Waals surface area contributed by atoms with E-state index in [2.05, 4.69) is 15.5 Å². The molecule has 1 atom stereocenters. The van der Waals surface area contributed by atoms with Crippen molar-refractivity contribution in [2.45, 2.75) is 12.5 Å². The maximum atomic E-state index is 5.68. The van der Waals surface area contributed by atoms with Crippen LogP contribution in [0.15, 0.2) is 24.5 Å². The minimum Gasteiger partial charge on any atom is -0.497 e. The molecule has 0 aliphatic rings. The highest BCUT2D eigenvalue weighted by atomic mass is 16.5. The number of hydrogen-bond donors (Lipinski definition) is 2. The molecule has 7 heteroatoms. The van der Waals surface area contributed by atoms with E-state index in [4.69, 9.17) is 15.3 Å². The first-order valence-corrected chi connectivity index (χ1v) is 6.20. The zero-order valence-corrected chi connectivity index (χ0v) is 11.8. The molecule has 1 aromatic heterocycles. The number of hydrogen-bond acceptors (Lipinski definition) is 6. The Hall–Kier alpha value is -2.12. The third-order valence-electron chi connectivity index (χ3n) is 3.21. The molecule has 1 aromatic carbocycles. The minimum atomic E-state index is -0.150. The van der Waals surface area contributed by atoms with Gasteiger partial charge in [-0.25, -0.2) is 4.98 Å². The number of hydrazine groups is 1. The van der Waals surface area contributed by atoms with Gasteiger partial charge in [0.15, 0.2) is 0 Å². The molecule has 3 N–H and O–H groups in total. The Kier molecular flexibility index (Phi) is 4.54. The highest BCUT2D eigenvalue weighted by molar-refractivity contribution is 5.42. The molecule has 0 aliphatic heterocycles. The van der Waals surface area contributed by atoms with Crippen molar-refractivity contribution in [2.75, 3.05) is 14.2 Å². The number of nitrogens with zero attached hydrogens (tertiary/aromatic N) is 3. The van der Waals surface area contributed by atoms with Crippen molar-refractivity contribution < 1.29 is 9.47 Å². The van der Waals surface area contributed by atoms with Gasteiger partial charge in [-0.2, -0.15) is 5.10 Å². The Morgan fingerprint density at radius 2 is 2.15 bits per heavy atom. The fourth-order valence-electron chi connectivity index (χ4n) is 2.06. The molecule has 0 amide bonds. The largest absolute Gasteiger partial charge is 0.497 e. The summed E-state index contributed by atoms with van der Waals surface area (Å²) in [4.78, 5) is 4.21. The Morgan fingerprint density at radius 3 is 2.70 bits per heavy atom. The SMILES string of the molecule is COc1ccc(OC)c(C(Cc2ncnn2C)NN)c1. The van der Waals surface area contributed by atoms with Crippen molar-refractivity contribution in [2.24, 2.45) is 12.9 Å². The summed E-state index contributed by atoms with van der Waals surface area (Å²) >= 11 is 0. The smallest absolute Gasteiger partial charge is 0.138 e. The van der Waals surface area contributed by atoms with E-state index in [1.54, 1.807) is 18.9 Å². The summed E-state index contributed by atoms with van der Waals surface area (Å²) in [7, 11) is 5.10. The van der Waals surface area contributed by atoms with Crippen molar-refractivity contribution in [3.8, 4) is 11.5 Å². The van der Waals surface area contributed by atoms with E-state index in [-0.39, 0.29) is 6.04 Å². The summed E-state index contributed by atoms with van der Waals surface area (Å²) < 4.78 is 12.4. The van der Waals surface area contributed by atoms with Crippen molar-refractivity contribution in [1.29, 1.82) is 0 Å². The number of rotatable bonds is 6. The summed E-state index contributed by atoms with van der Waals surface area (Å²) in [6.45, 7) is 0. The van der Waals surface area contributed by atoms with E-state index in [0.717, 1.165) is 22.9 Å². The lowest BCUT2D eigenvalue weighted by Gasteiger charge is -2.19. The Morgan fingerprint density at radius 1 is 1.35 bits per heavy atom. The Balaban J connectivity index is 2.33. The van der Waals surface area contributed by atoms with E-state index in [1.165, 1.54) is 6.33 Å². The van der Waals surface area contributed by atoms with Crippen LogP contribution in [0.4, 0.5) is 0 Å². The van der Waals surface area contributed by atoms with E-state index < -0.39 is 0 Å². The third-order valence-corrected chi connectivity index (χ3v) is 3.21. The normalized spacial score (nSPS) is 12.2. The quantitative estimate of drug-likeness (QED) is 0.593. The first kappa shape index (κ1) is 14.3. The fourth-order valence-corrected chi connectivity index (χ4v) is 2.06. The summed E-state index contributed by atoms with van der Waals surface area (Å²) in [5.74, 6) is 8.01. The molecule has 0 bridgehead atoms. The number of aromatic nitrogens is 3. The monoisotopic (exact) mass is 277 g/mol. The van der Waals surface area contributed by atoms with Gasteiger partial charge in [-0.3, -0.25) is 16.0 Å². The average Bonchev–Trinajstić information content (AvgIpc) is 2.89. The molecular formula is C13H19N5O2. The van der Waals surface area contributed by atoms with Gasteiger partial charge in [-0.05, 0) is 18.2 Å². The Labute approximate surface area is 117 Å². The number of methoxy groups -OCH3 is 2. The lowest BCUT2D eigenvalue weighted by Crippen LogP contribution is -2.30. The van der Waals surface area contributed by atoms with Crippen LogP contribution >= 0.6 is 0 Å². The lowest BCUT2D eigenvalue weighted by atomic mass is 10.0. The molecule has 1 heterocycles. The molecule has 2 rings (SSSR count). The van der Waals surface area contributed by atoms with Crippen molar-refractivity contribution >= 4 is 0 Å². The van der Waals surface area contributed by atoms with Gasteiger partial charge in [0.25, 0.3) is 0 Å². The van der Waals surface area contributed by atoms with Crippen LogP contribution in [0.25, 0.3) is 0 Å². The van der Waals surface area contributed by atoms with Gasteiger partial charge < -0.3 is 9.47 Å². The second-order valence-electron chi connectivity index (χ2n) is 4.33. The van der Waals surface area contributed by atoms with Crippen molar-refractivity contribution in [3.63, 3.8) is 0 Å². The maximum absolute atomic E-state index is 5.68. The molecule has 0 radical (unpaired) electrons. The predicted molar refractivity (Wildman–Crippen MR) is 74.3 cm³/mol. The summed E-state index contributed by atoms with van der Waals surface area (Å²) in [5.41, 5.74) is 3.71. The summed E-state index contributed by atoms with van der Waals surface area (Å²) in [6, 6.07) is 5.45.